The Hall–Kier alpha value is -2.77. The van der Waals surface area contributed by atoms with Gasteiger partial charge >= 0.3 is 0 Å². The first-order chi connectivity index (χ1) is 10.1. The molecule has 0 saturated carbocycles. The van der Waals surface area contributed by atoms with Gasteiger partial charge in [0.05, 0.1) is 6.42 Å². The van der Waals surface area contributed by atoms with E-state index < -0.39 is 11.9 Å². The summed E-state index contributed by atoms with van der Waals surface area (Å²) in [5, 5.41) is 15.3. The number of benzene rings is 1. The third-order valence-electron chi connectivity index (χ3n) is 3.36. The van der Waals surface area contributed by atoms with Crippen LogP contribution in [0.4, 0.5) is 0 Å². The Bertz CT molecular complexity index is 723. The van der Waals surface area contributed by atoms with Gasteiger partial charge in [0, 0.05) is 6.42 Å². The Balaban J connectivity index is 1.68. The van der Waals surface area contributed by atoms with E-state index in [1.165, 1.54) is 0 Å². The van der Waals surface area contributed by atoms with Gasteiger partial charge < -0.3 is 5.32 Å². The fraction of sp³-hybridized carbons (Fsp3) is 0.308. The van der Waals surface area contributed by atoms with Crippen molar-refractivity contribution in [1.82, 2.24) is 26.0 Å². The summed E-state index contributed by atoms with van der Waals surface area (Å²) in [7, 11) is 0. The number of piperidine rings is 1. The van der Waals surface area contributed by atoms with Gasteiger partial charge in [-0.2, -0.15) is 15.4 Å². The molecule has 0 aliphatic carbocycles. The van der Waals surface area contributed by atoms with Crippen LogP contribution in [-0.2, 0) is 20.8 Å². The van der Waals surface area contributed by atoms with Crippen LogP contribution in [0.3, 0.4) is 0 Å². The van der Waals surface area contributed by atoms with Crippen LogP contribution in [0.15, 0.2) is 18.2 Å². The van der Waals surface area contributed by atoms with E-state index in [9.17, 15) is 14.4 Å². The molecule has 1 atom stereocenters. The average Bonchev–Trinajstić information content (AvgIpc) is 2.91. The fourth-order valence-corrected chi connectivity index (χ4v) is 2.32. The summed E-state index contributed by atoms with van der Waals surface area (Å²) in [5.41, 5.74) is 2.04. The molecule has 1 aromatic heterocycles. The molecular weight excluding hydrogens is 274 g/mol. The number of hydrogen-bond acceptors (Lipinski definition) is 5. The molecule has 3 amide bonds. The number of rotatable bonds is 3. The molecule has 3 rings (SSSR count). The third-order valence-corrected chi connectivity index (χ3v) is 3.36. The molecule has 8 heteroatoms. The summed E-state index contributed by atoms with van der Waals surface area (Å²) in [4.78, 5) is 34.7. The first-order valence-electron chi connectivity index (χ1n) is 6.55. The molecule has 8 nitrogen and oxygen atoms in total. The molecule has 1 aliphatic heterocycles. The van der Waals surface area contributed by atoms with Crippen molar-refractivity contribution in [3.05, 3.63) is 23.8 Å². The van der Waals surface area contributed by atoms with Crippen molar-refractivity contribution in [3.8, 4) is 0 Å². The van der Waals surface area contributed by atoms with Crippen molar-refractivity contribution in [1.29, 1.82) is 0 Å². The van der Waals surface area contributed by atoms with Gasteiger partial charge in [0.2, 0.25) is 17.7 Å². The molecule has 1 fully saturated rings. The van der Waals surface area contributed by atoms with E-state index in [0.717, 1.165) is 5.56 Å². The highest BCUT2D eigenvalue weighted by atomic mass is 16.2. The van der Waals surface area contributed by atoms with Gasteiger partial charge in [-0.3, -0.25) is 19.7 Å². The zero-order chi connectivity index (χ0) is 14.8. The number of hydrogen-bond donors (Lipinski definition) is 3. The zero-order valence-corrected chi connectivity index (χ0v) is 11.0. The lowest BCUT2D eigenvalue weighted by Gasteiger charge is -2.21. The van der Waals surface area contributed by atoms with E-state index in [0.29, 0.717) is 17.5 Å². The van der Waals surface area contributed by atoms with Crippen LogP contribution in [0.1, 0.15) is 18.4 Å². The normalized spacial score (nSPS) is 18.6. The highest BCUT2D eigenvalue weighted by Crippen LogP contribution is 2.14. The quantitative estimate of drug-likeness (QED) is 0.653. The zero-order valence-electron chi connectivity index (χ0n) is 11.0. The highest BCUT2D eigenvalue weighted by Gasteiger charge is 2.27. The minimum atomic E-state index is -0.660. The lowest BCUT2D eigenvalue weighted by molar-refractivity contribution is -0.137. The van der Waals surface area contributed by atoms with E-state index in [2.05, 4.69) is 26.0 Å². The van der Waals surface area contributed by atoms with Gasteiger partial charge in [-0.1, -0.05) is 12.1 Å². The smallest absolute Gasteiger partial charge is 0.249 e. The largest absolute Gasteiger partial charge is 0.344 e. The van der Waals surface area contributed by atoms with Gasteiger partial charge in [0.15, 0.2) is 0 Å². The predicted octanol–water partition coefficient (Wildman–Crippen LogP) is -0.578. The molecule has 2 aromatic rings. The topological polar surface area (TPSA) is 117 Å². The Labute approximate surface area is 119 Å². The summed E-state index contributed by atoms with van der Waals surface area (Å²) in [5.74, 6) is -1.06. The first-order valence-corrected chi connectivity index (χ1v) is 6.55. The first kappa shape index (κ1) is 13.2. The number of para-hydroxylation sites is 1. The molecule has 2 heterocycles. The molecular formula is C13H13N5O3. The van der Waals surface area contributed by atoms with Crippen molar-refractivity contribution in [2.45, 2.75) is 25.3 Å². The number of nitrogens with one attached hydrogen (secondary N) is 3. The Morgan fingerprint density at radius 3 is 3.00 bits per heavy atom. The van der Waals surface area contributed by atoms with Crippen LogP contribution in [-0.4, -0.2) is 39.2 Å². The van der Waals surface area contributed by atoms with Gasteiger partial charge in [-0.25, -0.2) is 0 Å². The lowest BCUT2D eigenvalue weighted by Crippen LogP contribution is -2.52. The van der Waals surface area contributed by atoms with E-state index in [1.807, 2.05) is 0 Å². The minimum Gasteiger partial charge on any atom is -0.344 e. The number of aromatic amines is 1. The molecule has 21 heavy (non-hydrogen) atoms. The number of imide groups is 1. The molecule has 1 unspecified atom stereocenters. The monoisotopic (exact) mass is 287 g/mol. The maximum absolute atomic E-state index is 12.0. The number of aromatic nitrogens is 3. The van der Waals surface area contributed by atoms with Gasteiger partial charge in [-0.15, -0.1) is 0 Å². The molecule has 0 spiro atoms. The SMILES string of the molecule is O=C1CCC(NC(=O)Cc2cccc3n[nH]nc23)C(=O)N1. The summed E-state index contributed by atoms with van der Waals surface area (Å²) in [6.07, 6.45) is 0.654. The summed E-state index contributed by atoms with van der Waals surface area (Å²) in [6.45, 7) is 0. The molecule has 1 aromatic carbocycles. The maximum Gasteiger partial charge on any atom is 0.249 e. The molecule has 0 radical (unpaired) electrons. The van der Waals surface area contributed by atoms with Gasteiger partial charge in [0.1, 0.15) is 17.1 Å². The second kappa shape index (κ2) is 5.31. The number of carbonyl (C=O) groups is 3. The van der Waals surface area contributed by atoms with Crippen LogP contribution in [0, 0.1) is 0 Å². The second-order valence-electron chi connectivity index (χ2n) is 4.86. The number of nitrogens with zero attached hydrogens (tertiary/aromatic N) is 2. The number of carbonyl (C=O) groups excluding carboxylic acids is 3. The van der Waals surface area contributed by atoms with Crippen molar-refractivity contribution >= 4 is 28.8 Å². The van der Waals surface area contributed by atoms with E-state index in [-0.39, 0.29) is 24.7 Å². The Kier molecular flexibility index (Phi) is 3.35. The van der Waals surface area contributed by atoms with Crippen LogP contribution in [0.25, 0.3) is 11.0 Å². The summed E-state index contributed by atoms with van der Waals surface area (Å²) >= 11 is 0. The molecule has 0 bridgehead atoms. The van der Waals surface area contributed by atoms with Gasteiger partial charge in [0.25, 0.3) is 0 Å². The van der Waals surface area contributed by atoms with Crippen LogP contribution < -0.4 is 10.6 Å². The summed E-state index contributed by atoms with van der Waals surface area (Å²) < 4.78 is 0. The Morgan fingerprint density at radius 2 is 2.19 bits per heavy atom. The highest BCUT2D eigenvalue weighted by molar-refractivity contribution is 6.01. The second-order valence-corrected chi connectivity index (χ2v) is 4.86. The maximum atomic E-state index is 12.0. The predicted molar refractivity (Wildman–Crippen MR) is 71.9 cm³/mol. The van der Waals surface area contributed by atoms with Crippen molar-refractivity contribution in [3.63, 3.8) is 0 Å². The Morgan fingerprint density at radius 1 is 1.33 bits per heavy atom. The standard InChI is InChI=1S/C13H13N5O3/c19-10-5-4-9(13(21)15-10)14-11(20)6-7-2-1-3-8-12(7)17-18-16-8/h1-3,9H,4-6H2,(H,14,20)(H,15,19,21)(H,16,17,18). The number of fused-ring (bicyclic) bond motifs is 1. The van der Waals surface area contributed by atoms with E-state index >= 15 is 0 Å². The lowest BCUT2D eigenvalue weighted by atomic mass is 10.0. The average molecular weight is 287 g/mol. The summed E-state index contributed by atoms with van der Waals surface area (Å²) in [6, 6.07) is 4.71. The van der Waals surface area contributed by atoms with Crippen LogP contribution in [0.5, 0.6) is 0 Å². The van der Waals surface area contributed by atoms with Gasteiger partial charge in [-0.05, 0) is 18.1 Å². The fourth-order valence-electron chi connectivity index (χ4n) is 2.32. The molecule has 3 N–H and O–H groups in total. The van der Waals surface area contributed by atoms with E-state index in [1.54, 1.807) is 18.2 Å². The molecule has 1 saturated heterocycles. The molecule has 1 aliphatic rings. The minimum absolute atomic E-state index is 0.0988. The molecule has 108 valence electrons. The van der Waals surface area contributed by atoms with Crippen LogP contribution in [0.2, 0.25) is 0 Å². The van der Waals surface area contributed by atoms with Crippen LogP contribution >= 0.6 is 0 Å². The van der Waals surface area contributed by atoms with Crippen molar-refractivity contribution in [2.75, 3.05) is 0 Å². The third kappa shape index (κ3) is 2.73. The van der Waals surface area contributed by atoms with Crippen molar-refractivity contribution in [2.24, 2.45) is 0 Å². The van der Waals surface area contributed by atoms with E-state index in [4.69, 9.17) is 0 Å². The number of H-pyrrole nitrogens is 1. The van der Waals surface area contributed by atoms with Crippen molar-refractivity contribution < 1.29 is 14.4 Å². The number of amides is 3.